The van der Waals surface area contributed by atoms with Crippen LogP contribution < -0.4 is 14.2 Å². The number of aromatic hydroxyl groups is 1. The summed E-state index contributed by atoms with van der Waals surface area (Å²) in [7, 11) is 1.25. The van der Waals surface area contributed by atoms with Crippen molar-refractivity contribution in [2.24, 2.45) is 0 Å². The Morgan fingerprint density at radius 2 is 1.33 bits per heavy atom. The molecule has 3 aromatic rings. The van der Waals surface area contributed by atoms with Crippen LogP contribution in [0.4, 0.5) is 0 Å². The molecular weight excluding hydrogens is 744 g/mol. The lowest BCUT2D eigenvalue weighted by atomic mass is 9.99. The van der Waals surface area contributed by atoms with E-state index in [1.165, 1.54) is 31.4 Å². The zero-order valence-electron chi connectivity index (χ0n) is 28.5. The fraction of sp³-hybridized carbons (Fsp3) is 0.441. The standard InChI is InChI=1S/C34H36O21/c1-49-19-4-12(2-3-15(19)36)32-20(53-34-31(48)29(46)27(44)22(55-34)11-50-25(42)9-24(40)41)7-14-17(51-32)5-13(16(37)8-23(38)39)6-18(14)52-33-30(47)28(45)26(43)21(10-35)54-33/h2-7,21-22,26-31,33-35,43-48H,8-11H2,1H3,(H2-,36,38,39,40,41)/p+1/t21-,22-,26-,27-,28+,29+,30-,31-,33-,34-/m1/s1. The number of Topliss-reactive ketones (excluding diaryl/α,β-unsaturated/α-hetero) is 1. The number of phenols is 1. The van der Waals surface area contributed by atoms with Crippen molar-refractivity contribution in [3.8, 4) is 34.3 Å². The van der Waals surface area contributed by atoms with Gasteiger partial charge in [0.25, 0.3) is 0 Å². The number of benzene rings is 2. The molecule has 0 amide bonds. The lowest BCUT2D eigenvalue weighted by Gasteiger charge is -2.39. The van der Waals surface area contributed by atoms with E-state index >= 15 is 0 Å². The fourth-order valence-corrected chi connectivity index (χ4v) is 5.71. The van der Waals surface area contributed by atoms with E-state index in [0.29, 0.717) is 0 Å². The Balaban J connectivity index is 1.64. The number of ketones is 1. The van der Waals surface area contributed by atoms with Crippen LogP contribution in [0.2, 0.25) is 0 Å². The van der Waals surface area contributed by atoms with Gasteiger partial charge in [0.05, 0.1) is 25.3 Å². The Morgan fingerprint density at radius 3 is 1.93 bits per heavy atom. The Labute approximate surface area is 308 Å². The molecule has 0 spiro atoms. The van der Waals surface area contributed by atoms with E-state index in [4.69, 9.17) is 37.9 Å². The summed E-state index contributed by atoms with van der Waals surface area (Å²) in [5, 5.41) is 101. The molecule has 5 rings (SSSR count). The molecule has 2 aromatic carbocycles. The largest absolute Gasteiger partial charge is 0.504 e. The molecule has 2 saturated heterocycles. The van der Waals surface area contributed by atoms with Gasteiger partial charge in [-0.15, -0.1) is 0 Å². The summed E-state index contributed by atoms with van der Waals surface area (Å²) in [5.74, 6) is -6.44. The highest BCUT2D eigenvalue weighted by Crippen LogP contribution is 2.43. The Morgan fingerprint density at radius 1 is 0.727 bits per heavy atom. The van der Waals surface area contributed by atoms with Crippen LogP contribution in [0, 0.1) is 0 Å². The molecule has 21 heteroatoms. The van der Waals surface area contributed by atoms with Gasteiger partial charge < -0.3 is 79.5 Å². The van der Waals surface area contributed by atoms with Crippen LogP contribution >= 0.6 is 0 Å². The van der Waals surface area contributed by atoms with Crippen LogP contribution in [0.1, 0.15) is 23.2 Å². The van der Waals surface area contributed by atoms with Gasteiger partial charge in [0.15, 0.2) is 17.3 Å². The summed E-state index contributed by atoms with van der Waals surface area (Å²) < 4.78 is 39.1. The monoisotopic (exact) mass is 781 g/mol. The molecule has 1 aromatic heterocycles. The van der Waals surface area contributed by atoms with Crippen molar-refractivity contribution >= 4 is 34.7 Å². The average molecular weight is 782 g/mol. The van der Waals surface area contributed by atoms with Gasteiger partial charge >= 0.3 is 29.3 Å². The number of methoxy groups -OCH3 is 1. The minimum absolute atomic E-state index is 0.0634. The maximum Gasteiger partial charge on any atom is 0.402 e. The Kier molecular flexibility index (Phi) is 12.7. The molecule has 2 fully saturated rings. The maximum absolute atomic E-state index is 13.0. The van der Waals surface area contributed by atoms with Crippen LogP contribution in [0.25, 0.3) is 22.3 Å². The molecule has 55 heavy (non-hydrogen) atoms. The Hall–Kier alpha value is -5.23. The minimum Gasteiger partial charge on any atom is -0.504 e. The summed E-state index contributed by atoms with van der Waals surface area (Å²) in [6.45, 7) is -1.61. The summed E-state index contributed by atoms with van der Waals surface area (Å²) >= 11 is 0. The number of aliphatic carboxylic acids is 2. The van der Waals surface area contributed by atoms with Gasteiger partial charge in [-0.3, -0.25) is 19.2 Å². The number of carboxylic acids is 2. The van der Waals surface area contributed by atoms with Crippen LogP contribution in [0.3, 0.4) is 0 Å². The zero-order valence-corrected chi connectivity index (χ0v) is 28.5. The number of ether oxygens (including phenoxy) is 6. The molecule has 10 N–H and O–H groups in total. The third-order valence-corrected chi connectivity index (χ3v) is 8.60. The molecule has 298 valence electrons. The van der Waals surface area contributed by atoms with E-state index in [-0.39, 0.29) is 50.9 Å². The molecule has 10 atom stereocenters. The van der Waals surface area contributed by atoms with Gasteiger partial charge in [-0.1, -0.05) is 0 Å². The number of hydrogen-bond acceptors (Lipinski definition) is 18. The summed E-state index contributed by atoms with van der Waals surface area (Å²) in [6.07, 6.45) is -20.2. The molecule has 2 aliphatic heterocycles. The highest BCUT2D eigenvalue weighted by Gasteiger charge is 2.47. The number of fused-ring (bicyclic) bond motifs is 1. The van der Waals surface area contributed by atoms with E-state index < -0.39 is 111 Å². The predicted molar refractivity (Wildman–Crippen MR) is 176 cm³/mol. The SMILES string of the molecule is COc1cc(-c2[o+]c3cc(C(=O)CC(=O)O)cc(O[C@@H]4O[C@H](CO)[C@@H](O)[C@H](O)[C@H]4O)c3cc2O[C@@H]2O[C@H](COC(=O)CC(=O)O)[C@@H](O)[C@H](O)[C@H]2O)ccc1O. The molecule has 3 heterocycles. The first-order valence-corrected chi connectivity index (χ1v) is 16.3. The zero-order chi connectivity index (χ0) is 40.3. The topological polar surface area (TPSA) is 337 Å². The molecule has 2 aliphatic rings. The first kappa shape index (κ1) is 40.9. The maximum atomic E-state index is 13.0. The first-order valence-electron chi connectivity index (χ1n) is 16.3. The van der Waals surface area contributed by atoms with E-state index in [1.54, 1.807) is 0 Å². The van der Waals surface area contributed by atoms with Crippen molar-refractivity contribution in [2.45, 2.75) is 74.3 Å². The number of aliphatic hydroxyl groups excluding tert-OH is 7. The third kappa shape index (κ3) is 9.02. The van der Waals surface area contributed by atoms with E-state index in [9.17, 15) is 65.1 Å². The van der Waals surface area contributed by atoms with Crippen molar-refractivity contribution in [2.75, 3.05) is 20.3 Å². The molecule has 0 radical (unpaired) electrons. The predicted octanol–water partition coefficient (Wildman–Crippen LogP) is -1.86. The normalized spacial score (nSPS) is 27.9. The van der Waals surface area contributed by atoms with Crippen LogP contribution in [0.15, 0.2) is 40.8 Å². The Bertz CT molecular complexity index is 1910. The van der Waals surface area contributed by atoms with Crippen LogP contribution in [-0.4, -0.2) is 156 Å². The average Bonchev–Trinajstić information content (AvgIpc) is 3.14. The van der Waals surface area contributed by atoms with E-state index in [0.717, 1.165) is 12.1 Å². The van der Waals surface area contributed by atoms with Crippen molar-refractivity contribution in [1.29, 1.82) is 0 Å². The number of esters is 1. The quantitative estimate of drug-likeness (QED) is 0.0371. The number of aliphatic hydroxyl groups is 7. The molecular formula is C34H37O21+. The smallest absolute Gasteiger partial charge is 0.402 e. The number of hydrogen-bond donors (Lipinski definition) is 10. The van der Waals surface area contributed by atoms with Gasteiger partial charge in [0.1, 0.15) is 79.4 Å². The highest BCUT2D eigenvalue weighted by atomic mass is 16.7. The van der Waals surface area contributed by atoms with Crippen LogP contribution in [0.5, 0.6) is 23.0 Å². The van der Waals surface area contributed by atoms with Crippen molar-refractivity contribution < 1.29 is 103 Å². The second-order valence-electron chi connectivity index (χ2n) is 12.4. The van der Waals surface area contributed by atoms with E-state index in [1.807, 2.05) is 0 Å². The molecule has 21 nitrogen and oxygen atoms in total. The second kappa shape index (κ2) is 17.1. The molecule has 0 saturated carbocycles. The number of carbonyl (C=O) groups excluding carboxylic acids is 2. The molecule has 0 unspecified atom stereocenters. The van der Waals surface area contributed by atoms with Gasteiger partial charge in [-0.25, -0.2) is 4.42 Å². The number of rotatable bonds is 14. The lowest BCUT2D eigenvalue weighted by molar-refractivity contribution is -0.278. The second-order valence-corrected chi connectivity index (χ2v) is 12.4. The summed E-state index contributed by atoms with van der Waals surface area (Å²) in [5.41, 5.74) is -0.395. The van der Waals surface area contributed by atoms with Gasteiger partial charge in [0.2, 0.25) is 18.3 Å². The fourth-order valence-electron chi connectivity index (χ4n) is 5.71. The van der Waals surface area contributed by atoms with Crippen molar-refractivity contribution in [3.05, 3.63) is 42.0 Å². The highest BCUT2D eigenvalue weighted by molar-refractivity contribution is 6.08. The minimum atomic E-state index is -2.00. The van der Waals surface area contributed by atoms with Gasteiger partial charge in [-0.05, 0) is 18.2 Å². The van der Waals surface area contributed by atoms with Crippen molar-refractivity contribution in [1.82, 2.24) is 0 Å². The van der Waals surface area contributed by atoms with Crippen LogP contribution in [-0.2, 0) is 28.6 Å². The lowest BCUT2D eigenvalue weighted by Crippen LogP contribution is -2.60. The number of carboxylic acid groups (broad SMARTS) is 2. The number of carbonyl (C=O) groups is 4. The molecule has 0 aliphatic carbocycles. The van der Waals surface area contributed by atoms with Gasteiger partial charge in [0, 0.05) is 17.7 Å². The van der Waals surface area contributed by atoms with Gasteiger partial charge in [-0.2, -0.15) is 0 Å². The van der Waals surface area contributed by atoms with E-state index in [2.05, 4.69) is 0 Å². The molecule has 0 bridgehead atoms. The summed E-state index contributed by atoms with van der Waals surface area (Å²) in [4.78, 5) is 47.2. The summed E-state index contributed by atoms with van der Waals surface area (Å²) in [6, 6.07) is 7.21. The third-order valence-electron chi connectivity index (χ3n) is 8.60. The number of phenolic OH excluding ortho intramolecular Hbond substituents is 1. The first-order chi connectivity index (χ1) is 26.0. The van der Waals surface area contributed by atoms with Crippen molar-refractivity contribution in [3.63, 3.8) is 0 Å².